The fourth-order valence-electron chi connectivity index (χ4n) is 1.45. The third-order valence-electron chi connectivity index (χ3n) is 1.98. The van der Waals surface area contributed by atoms with Gasteiger partial charge in [-0.25, -0.2) is 0 Å². The zero-order chi connectivity index (χ0) is 8.27. The van der Waals surface area contributed by atoms with Crippen LogP contribution < -0.4 is 5.32 Å². The molecule has 1 unspecified atom stereocenters. The van der Waals surface area contributed by atoms with Crippen LogP contribution in [0.4, 0.5) is 0 Å². The first-order valence-corrected chi connectivity index (χ1v) is 4.12. The molecule has 0 bridgehead atoms. The van der Waals surface area contributed by atoms with Crippen LogP contribution in [-0.2, 0) is 4.79 Å². The molecule has 0 spiro atoms. The van der Waals surface area contributed by atoms with Gasteiger partial charge in [0, 0.05) is 13.1 Å². The number of carbonyl (C=O) groups excluding carboxylic acids is 1. The van der Waals surface area contributed by atoms with Crippen molar-refractivity contribution in [2.24, 2.45) is 5.92 Å². The summed E-state index contributed by atoms with van der Waals surface area (Å²) in [7, 11) is 4.00. The topological polar surface area (TPSA) is 32.3 Å². The van der Waals surface area contributed by atoms with Crippen molar-refractivity contribution in [3.8, 4) is 0 Å². The van der Waals surface area contributed by atoms with Crippen molar-refractivity contribution in [2.75, 3.05) is 27.2 Å². The molecular weight excluding hydrogens is 140 g/mol. The number of nitrogens with zero attached hydrogens (tertiary/aromatic N) is 1. The summed E-state index contributed by atoms with van der Waals surface area (Å²) in [6.45, 7) is 1.74. The molecule has 1 N–H and O–H groups in total. The molecular formula is C8H16N2O. The van der Waals surface area contributed by atoms with E-state index in [-0.39, 0.29) is 11.8 Å². The molecule has 3 heteroatoms. The summed E-state index contributed by atoms with van der Waals surface area (Å²) in [5.41, 5.74) is 0. The van der Waals surface area contributed by atoms with Gasteiger partial charge in [-0.3, -0.25) is 4.79 Å². The predicted octanol–water partition coefficient (Wildman–Crippen LogP) is 0.0742. The summed E-state index contributed by atoms with van der Waals surface area (Å²) in [4.78, 5) is 13.3. The highest BCUT2D eigenvalue weighted by atomic mass is 16.1. The van der Waals surface area contributed by atoms with Crippen LogP contribution in [0.2, 0.25) is 0 Å². The number of nitrogens with one attached hydrogen (secondary N) is 1. The van der Waals surface area contributed by atoms with Crippen molar-refractivity contribution in [3.05, 3.63) is 0 Å². The SMILES string of the molecule is CN(C)CC1CCCNC1=O. The van der Waals surface area contributed by atoms with E-state index in [0.29, 0.717) is 0 Å². The van der Waals surface area contributed by atoms with Crippen molar-refractivity contribution in [2.45, 2.75) is 12.8 Å². The fourth-order valence-corrected chi connectivity index (χ4v) is 1.45. The Bertz CT molecular complexity index is 145. The van der Waals surface area contributed by atoms with Crippen LogP contribution in [0.25, 0.3) is 0 Å². The molecule has 1 saturated heterocycles. The lowest BCUT2D eigenvalue weighted by Gasteiger charge is -2.24. The second-order valence-corrected chi connectivity index (χ2v) is 3.39. The van der Waals surface area contributed by atoms with Gasteiger partial charge in [0.15, 0.2) is 0 Å². The van der Waals surface area contributed by atoms with E-state index in [1.165, 1.54) is 0 Å². The Kier molecular flexibility index (Phi) is 2.88. The van der Waals surface area contributed by atoms with Gasteiger partial charge in [-0.05, 0) is 26.9 Å². The van der Waals surface area contributed by atoms with E-state index in [1.54, 1.807) is 0 Å². The van der Waals surface area contributed by atoms with E-state index in [1.807, 2.05) is 14.1 Å². The number of hydrogen-bond acceptors (Lipinski definition) is 2. The maximum Gasteiger partial charge on any atom is 0.224 e. The Morgan fingerprint density at radius 3 is 2.91 bits per heavy atom. The van der Waals surface area contributed by atoms with Crippen molar-refractivity contribution in [1.29, 1.82) is 0 Å². The summed E-state index contributed by atoms with van der Waals surface area (Å²) in [6, 6.07) is 0. The lowest BCUT2D eigenvalue weighted by Crippen LogP contribution is -2.41. The number of rotatable bonds is 2. The first-order chi connectivity index (χ1) is 5.20. The Hall–Kier alpha value is -0.570. The van der Waals surface area contributed by atoms with Gasteiger partial charge in [0.1, 0.15) is 0 Å². The van der Waals surface area contributed by atoms with E-state index in [2.05, 4.69) is 10.2 Å². The molecule has 3 nitrogen and oxygen atoms in total. The summed E-state index contributed by atoms with van der Waals surface area (Å²) in [5, 5.41) is 2.87. The van der Waals surface area contributed by atoms with E-state index in [4.69, 9.17) is 0 Å². The predicted molar refractivity (Wildman–Crippen MR) is 44.3 cm³/mol. The van der Waals surface area contributed by atoms with E-state index in [9.17, 15) is 4.79 Å². The highest BCUT2D eigenvalue weighted by molar-refractivity contribution is 5.79. The third-order valence-corrected chi connectivity index (χ3v) is 1.98. The van der Waals surface area contributed by atoms with Gasteiger partial charge < -0.3 is 10.2 Å². The first kappa shape index (κ1) is 8.53. The zero-order valence-electron chi connectivity index (χ0n) is 7.26. The number of piperidine rings is 1. The van der Waals surface area contributed by atoms with Gasteiger partial charge in [-0.15, -0.1) is 0 Å². The van der Waals surface area contributed by atoms with Crippen LogP contribution in [-0.4, -0.2) is 38.0 Å². The van der Waals surface area contributed by atoms with Crippen molar-refractivity contribution < 1.29 is 4.79 Å². The molecule has 64 valence electrons. The summed E-state index contributed by atoms with van der Waals surface area (Å²) in [5.74, 6) is 0.448. The summed E-state index contributed by atoms with van der Waals surface area (Å²) in [6.07, 6.45) is 2.17. The molecule has 1 atom stereocenters. The molecule has 1 aliphatic heterocycles. The van der Waals surface area contributed by atoms with E-state index in [0.717, 1.165) is 25.9 Å². The van der Waals surface area contributed by atoms with Crippen LogP contribution in [0.3, 0.4) is 0 Å². The summed E-state index contributed by atoms with van der Waals surface area (Å²) < 4.78 is 0. The smallest absolute Gasteiger partial charge is 0.224 e. The monoisotopic (exact) mass is 156 g/mol. The zero-order valence-corrected chi connectivity index (χ0v) is 7.26. The van der Waals surface area contributed by atoms with E-state index >= 15 is 0 Å². The minimum absolute atomic E-state index is 0.221. The standard InChI is InChI=1S/C8H16N2O/c1-10(2)6-7-4-3-5-9-8(7)11/h7H,3-6H2,1-2H3,(H,9,11). The van der Waals surface area contributed by atoms with Gasteiger partial charge >= 0.3 is 0 Å². The molecule has 1 heterocycles. The minimum Gasteiger partial charge on any atom is -0.356 e. The highest BCUT2D eigenvalue weighted by Crippen LogP contribution is 2.11. The van der Waals surface area contributed by atoms with Crippen LogP contribution >= 0.6 is 0 Å². The number of carbonyl (C=O) groups is 1. The maximum atomic E-state index is 11.2. The van der Waals surface area contributed by atoms with Crippen molar-refractivity contribution in [3.63, 3.8) is 0 Å². The number of amides is 1. The Balaban J connectivity index is 2.36. The Labute approximate surface area is 67.8 Å². The lowest BCUT2D eigenvalue weighted by molar-refractivity contribution is -0.127. The van der Waals surface area contributed by atoms with E-state index < -0.39 is 0 Å². The van der Waals surface area contributed by atoms with Gasteiger partial charge in [0.25, 0.3) is 0 Å². The largest absolute Gasteiger partial charge is 0.356 e. The molecule has 11 heavy (non-hydrogen) atoms. The molecule has 1 aliphatic rings. The maximum absolute atomic E-state index is 11.2. The van der Waals surface area contributed by atoms with Crippen molar-refractivity contribution >= 4 is 5.91 Å². The van der Waals surface area contributed by atoms with Crippen LogP contribution in [0.1, 0.15) is 12.8 Å². The molecule has 1 rings (SSSR count). The second-order valence-electron chi connectivity index (χ2n) is 3.39. The first-order valence-electron chi connectivity index (χ1n) is 4.12. The average molecular weight is 156 g/mol. The highest BCUT2D eigenvalue weighted by Gasteiger charge is 2.21. The van der Waals surface area contributed by atoms with Gasteiger partial charge in [-0.2, -0.15) is 0 Å². The Morgan fingerprint density at radius 1 is 1.64 bits per heavy atom. The third kappa shape index (κ3) is 2.50. The average Bonchev–Trinajstić information content (AvgIpc) is 1.93. The number of hydrogen-bond donors (Lipinski definition) is 1. The van der Waals surface area contributed by atoms with Crippen LogP contribution in [0, 0.1) is 5.92 Å². The summed E-state index contributed by atoms with van der Waals surface area (Å²) >= 11 is 0. The minimum atomic E-state index is 0.221. The molecule has 0 saturated carbocycles. The van der Waals surface area contributed by atoms with Gasteiger partial charge in [0.05, 0.1) is 5.92 Å². The molecule has 1 fully saturated rings. The second kappa shape index (κ2) is 3.72. The molecule has 0 radical (unpaired) electrons. The molecule has 0 aromatic carbocycles. The van der Waals surface area contributed by atoms with Crippen LogP contribution in [0.15, 0.2) is 0 Å². The van der Waals surface area contributed by atoms with Gasteiger partial charge in [-0.1, -0.05) is 0 Å². The van der Waals surface area contributed by atoms with Crippen LogP contribution in [0.5, 0.6) is 0 Å². The van der Waals surface area contributed by atoms with Gasteiger partial charge in [0.2, 0.25) is 5.91 Å². The molecule has 0 aliphatic carbocycles. The van der Waals surface area contributed by atoms with Crippen molar-refractivity contribution in [1.82, 2.24) is 10.2 Å². The Morgan fingerprint density at radius 2 is 2.36 bits per heavy atom. The fraction of sp³-hybridized carbons (Fsp3) is 0.875. The molecule has 0 aromatic rings. The lowest BCUT2D eigenvalue weighted by atomic mass is 9.98. The normalized spacial score (nSPS) is 25.4. The quantitative estimate of drug-likeness (QED) is 0.614. The molecule has 0 aromatic heterocycles. The molecule has 1 amide bonds.